The number of ether oxygens (including phenoxy) is 2. The van der Waals surface area contributed by atoms with E-state index in [0.29, 0.717) is 18.1 Å². The first-order valence-electron chi connectivity index (χ1n) is 4.78. The van der Waals surface area contributed by atoms with Crippen LogP contribution in [0.15, 0.2) is 24.3 Å². The van der Waals surface area contributed by atoms with Crippen LogP contribution >= 0.6 is 11.6 Å². The Morgan fingerprint density at radius 1 is 1.56 bits per heavy atom. The zero-order valence-electron chi connectivity index (χ0n) is 8.34. The summed E-state index contributed by atoms with van der Waals surface area (Å²) in [7, 11) is 0. The van der Waals surface area contributed by atoms with Gasteiger partial charge >= 0.3 is 0 Å². The molecule has 0 bridgehead atoms. The van der Waals surface area contributed by atoms with E-state index in [2.05, 4.69) is 0 Å². The third-order valence-corrected chi connectivity index (χ3v) is 2.62. The van der Waals surface area contributed by atoms with E-state index in [1.54, 1.807) is 12.1 Å². The minimum Gasteiger partial charge on any atom is -0.346 e. The van der Waals surface area contributed by atoms with Crippen LogP contribution in [0.25, 0.3) is 0 Å². The molecule has 0 spiro atoms. The van der Waals surface area contributed by atoms with E-state index in [-0.39, 0.29) is 11.8 Å². The number of halogens is 1. The lowest BCUT2D eigenvalue weighted by Gasteiger charge is -2.09. The average molecular weight is 244 g/mol. The zero-order chi connectivity index (χ0) is 11.5. The highest BCUT2D eigenvalue weighted by molar-refractivity contribution is 6.18. The van der Waals surface area contributed by atoms with E-state index < -0.39 is 11.2 Å². The maximum atomic E-state index is 10.6. The monoisotopic (exact) mass is 243 g/mol. The Bertz CT molecular complexity index is 398. The fourth-order valence-corrected chi connectivity index (χ4v) is 1.65. The summed E-state index contributed by atoms with van der Waals surface area (Å²) in [5, 5.41) is 10.6. The van der Waals surface area contributed by atoms with Gasteiger partial charge in [-0.1, -0.05) is 12.1 Å². The van der Waals surface area contributed by atoms with Gasteiger partial charge in [0.15, 0.2) is 6.29 Å². The molecule has 86 valence electrons. The van der Waals surface area contributed by atoms with Gasteiger partial charge in [0, 0.05) is 17.7 Å². The van der Waals surface area contributed by atoms with Crippen molar-refractivity contribution in [1.29, 1.82) is 0 Å². The van der Waals surface area contributed by atoms with Gasteiger partial charge in [0.2, 0.25) is 0 Å². The minimum absolute atomic E-state index is 0.0269. The maximum Gasteiger partial charge on any atom is 0.269 e. The Balaban J connectivity index is 2.15. The smallest absolute Gasteiger partial charge is 0.269 e. The molecule has 6 heteroatoms. The number of rotatable bonds is 3. The summed E-state index contributed by atoms with van der Waals surface area (Å²) in [4.78, 5) is 10.1. The molecule has 1 aliphatic heterocycles. The van der Waals surface area contributed by atoms with Crippen LogP contribution in [0.5, 0.6) is 0 Å². The minimum atomic E-state index is -0.552. The van der Waals surface area contributed by atoms with Crippen molar-refractivity contribution in [1.82, 2.24) is 0 Å². The lowest BCUT2D eigenvalue weighted by molar-refractivity contribution is -0.385. The van der Waals surface area contributed by atoms with Crippen molar-refractivity contribution in [2.24, 2.45) is 0 Å². The summed E-state index contributed by atoms with van der Waals surface area (Å²) in [5.74, 6) is 0.353. The van der Waals surface area contributed by atoms with Crippen molar-refractivity contribution in [3.05, 3.63) is 39.9 Å². The second-order valence-corrected chi connectivity index (χ2v) is 3.74. The molecule has 1 aliphatic rings. The van der Waals surface area contributed by atoms with Gasteiger partial charge in [0.25, 0.3) is 5.69 Å². The number of benzene rings is 1. The molecule has 0 saturated carbocycles. The lowest BCUT2D eigenvalue weighted by Crippen LogP contribution is -2.10. The number of alkyl halides is 1. The zero-order valence-corrected chi connectivity index (χ0v) is 9.09. The Kier molecular flexibility index (Phi) is 3.38. The Morgan fingerprint density at radius 3 is 3.00 bits per heavy atom. The lowest BCUT2D eigenvalue weighted by atomic mass is 10.2. The van der Waals surface area contributed by atoms with Crippen molar-refractivity contribution in [3.63, 3.8) is 0 Å². The molecule has 0 radical (unpaired) electrons. The molecule has 1 fully saturated rings. The van der Waals surface area contributed by atoms with Gasteiger partial charge in [-0.25, -0.2) is 0 Å². The van der Waals surface area contributed by atoms with Gasteiger partial charge in [-0.2, -0.15) is 0 Å². The van der Waals surface area contributed by atoms with Crippen LogP contribution in [0, 0.1) is 10.1 Å². The quantitative estimate of drug-likeness (QED) is 0.464. The van der Waals surface area contributed by atoms with Crippen LogP contribution in [0.1, 0.15) is 11.9 Å². The first-order valence-corrected chi connectivity index (χ1v) is 5.31. The van der Waals surface area contributed by atoms with Crippen molar-refractivity contribution in [2.75, 3.05) is 12.5 Å². The molecule has 1 saturated heterocycles. The maximum absolute atomic E-state index is 10.6. The summed E-state index contributed by atoms with van der Waals surface area (Å²) in [5.41, 5.74) is 0.667. The number of hydrogen-bond donors (Lipinski definition) is 0. The normalized spacial score (nSPS) is 24.6. The van der Waals surface area contributed by atoms with Crippen LogP contribution in [-0.4, -0.2) is 23.5 Å². The molecule has 1 aromatic carbocycles. The molecule has 0 aromatic heterocycles. The number of nitro benzene ring substituents is 1. The molecule has 1 heterocycles. The van der Waals surface area contributed by atoms with E-state index in [0.717, 1.165) is 0 Å². The van der Waals surface area contributed by atoms with Crippen molar-refractivity contribution < 1.29 is 14.4 Å². The third-order valence-electron chi connectivity index (χ3n) is 2.27. The predicted molar refractivity (Wildman–Crippen MR) is 57.4 cm³/mol. The second kappa shape index (κ2) is 4.78. The summed E-state index contributed by atoms with van der Waals surface area (Å²) < 4.78 is 10.8. The van der Waals surface area contributed by atoms with Crippen molar-refractivity contribution >= 4 is 17.3 Å². The highest BCUT2D eigenvalue weighted by Crippen LogP contribution is 2.29. The number of nitrogens with zero attached hydrogens (tertiary/aromatic N) is 1. The van der Waals surface area contributed by atoms with Crippen molar-refractivity contribution in [3.8, 4) is 0 Å². The van der Waals surface area contributed by atoms with Crippen LogP contribution in [-0.2, 0) is 9.47 Å². The molecular weight excluding hydrogens is 234 g/mol. The fourth-order valence-electron chi connectivity index (χ4n) is 1.49. The van der Waals surface area contributed by atoms with Gasteiger partial charge in [0.05, 0.1) is 23.5 Å². The summed E-state index contributed by atoms with van der Waals surface area (Å²) in [6.07, 6.45) is -0.699. The Morgan fingerprint density at radius 2 is 2.38 bits per heavy atom. The van der Waals surface area contributed by atoms with Crippen LogP contribution in [0.3, 0.4) is 0 Å². The summed E-state index contributed by atoms with van der Waals surface area (Å²) in [6.45, 7) is 0.414. The van der Waals surface area contributed by atoms with E-state index in [9.17, 15) is 10.1 Å². The van der Waals surface area contributed by atoms with Gasteiger partial charge in [-0.05, 0) is 0 Å². The van der Waals surface area contributed by atoms with Crippen molar-refractivity contribution in [2.45, 2.75) is 12.4 Å². The summed E-state index contributed by atoms with van der Waals surface area (Å²) in [6, 6.07) is 6.21. The molecule has 0 amide bonds. The predicted octanol–water partition coefficient (Wildman–Crippen LogP) is 2.25. The first-order chi connectivity index (χ1) is 7.70. The number of hydrogen-bond acceptors (Lipinski definition) is 4. The Hall–Kier alpha value is -1.17. The van der Waals surface area contributed by atoms with E-state index in [1.807, 2.05) is 0 Å². The highest BCUT2D eigenvalue weighted by Gasteiger charge is 2.27. The molecule has 5 nitrogen and oxygen atoms in total. The molecule has 0 aliphatic carbocycles. The van der Waals surface area contributed by atoms with Gasteiger partial charge in [0.1, 0.15) is 0 Å². The topological polar surface area (TPSA) is 61.6 Å². The molecule has 2 rings (SSSR count). The number of non-ortho nitro benzene ring substituents is 1. The molecule has 2 atom stereocenters. The van der Waals surface area contributed by atoms with E-state index in [4.69, 9.17) is 21.1 Å². The molecule has 1 aromatic rings. The van der Waals surface area contributed by atoms with Crippen LogP contribution < -0.4 is 0 Å². The average Bonchev–Trinajstić information content (AvgIpc) is 2.77. The van der Waals surface area contributed by atoms with Crippen LogP contribution in [0.2, 0.25) is 0 Å². The number of nitro groups is 1. The summed E-state index contributed by atoms with van der Waals surface area (Å²) >= 11 is 5.63. The van der Waals surface area contributed by atoms with Gasteiger partial charge in [-0.15, -0.1) is 11.6 Å². The van der Waals surface area contributed by atoms with Crippen LogP contribution in [0.4, 0.5) is 5.69 Å². The first kappa shape index (κ1) is 11.3. The third kappa shape index (κ3) is 2.32. The van der Waals surface area contributed by atoms with E-state index >= 15 is 0 Å². The molecule has 16 heavy (non-hydrogen) atoms. The Labute approximate surface area is 97.1 Å². The fraction of sp³-hybridized carbons (Fsp3) is 0.400. The standard InChI is InChI=1S/C10H10ClNO4/c11-5-9-6-15-10(16-9)7-2-1-3-8(4-7)12(13)14/h1-4,9-10H,5-6H2/t9-,10+/m1/s1. The molecular formula is C10H10ClNO4. The van der Waals surface area contributed by atoms with Gasteiger partial charge in [-0.3, -0.25) is 10.1 Å². The van der Waals surface area contributed by atoms with Gasteiger partial charge < -0.3 is 9.47 Å². The molecule has 0 N–H and O–H groups in total. The SMILES string of the molecule is O=[N+]([O-])c1cccc([C@H]2OC[C@@H](CCl)O2)c1. The highest BCUT2D eigenvalue weighted by atomic mass is 35.5. The largest absolute Gasteiger partial charge is 0.346 e. The van der Waals surface area contributed by atoms with E-state index in [1.165, 1.54) is 12.1 Å². The molecule has 0 unspecified atom stereocenters. The second-order valence-electron chi connectivity index (χ2n) is 3.43.